The molecule has 69 heavy (non-hydrogen) atoms. The number of hydrogen-bond acceptors (Lipinski definition) is 6. The summed E-state index contributed by atoms with van der Waals surface area (Å²) in [5.74, 6) is -1.03. The molecule has 0 heterocycles. The molecule has 0 amide bonds. The van der Waals surface area contributed by atoms with Gasteiger partial charge in [-0.3, -0.25) is 14.4 Å². The van der Waals surface area contributed by atoms with Gasteiger partial charge in [-0.25, -0.2) is 0 Å². The van der Waals surface area contributed by atoms with Gasteiger partial charge in [0.1, 0.15) is 13.2 Å². The summed E-state index contributed by atoms with van der Waals surface area (Å²) in [4.78, 5) is 38.1. The third-order valence-electron chi connectivity index (χ3n) is 11.3. The first kappa shape index (κ1) is 64.5. The van der Waals surface area contributed by atoms with E-state index in [2.05, 4.69) is 106 Å². The van der Waals surface area contributed by atoms with E-state index >= 15 is 0 Å². The molecule has 0 aromatic carbocycles. The molecule has 0 aliphatic heterocycles. The van der Waals surface area contributed by atoms with Crippen LogP contribution in [0.5, 0.6) is 0 Å². The molecule has 0 aromatic rings. The van der Waals surface area contributed by atoms with Crippen molar-refractivity contribution in [1.29, 1.82) is 0 Å². The Morgan fingerprint density at radius 3 is 1.13 bits per heavy atom. The second kappa shape index (κ2) is 56.1. The minimum Gasteiger partial charge on any atom is -0.462 e. The first-order valence-corrected chi connectivity index (χ1v) is 27.8. The Kier molecular flexibility index (Phi) is 52.5. The molecule has 0 N–H and O–H groups in total. The van der Waals surface area contributed by atoms with Crippen LogP contribution in [-0.2, 0) is 28.6 Å². The molecule has 1 atom stereocenters. The summed E-state index contributed by atoms with van der Waals surface area (Å²) in [5, 5.41) is 0. The number of rotatable bonds is 48. The lowest BCUT2D eigenvalue weighted by molar-refractivity contribution is -0.166. The quantitative estimate of drug-likeness (QED) is 0.0199. The highest BCUT2D eigenvalue weighted by atomic mass is 16.6. The maximum atomic E-state index is 12.8. The fourth-order valence-electron chi connectivity index (χ4n) is 7.14. The van der Waals surface area contributed by atoms with Gasteiger partial charge in [0.2, 0.25) is 0 Å². The van der Waals surface area contributed by atoms with Gasteiger partial charge in [0.25, 0.3) is 0 Å². The van der Waals surface area contributed by atoms with Crippen molar-refractivity contribution in [3.8, 4) is 0 Å². The number of carbonyl (C=O) groups is 3. The van der Waals surface area contributed by atoms with Gasteiger partial charge in [-0.2, -0.15) is 0 Å². The van der Waals surface area contributed by atoms with Crippen molar-refractivity contribution in [2.45, 2.75) is 232 Å². The third-order valence-corrected chi connectivity index (χ3v) is 11.3. The van der Waals surface area contributed by atoms with Crippen LogP contribution >= 0.6 is 0 Å². The molecule has 0 aliphatic rings. The van der Waals surface area contributed by atoms with Crippen LogP contribution in [0.25, 0.3) is 0 Å². The van der Waals surface area contributed by atoms with E-state index in [9.17, 15) is 14.4 Å². The fraction of sp³-hybridized carbons (Fsp3) is 0.603. The van der Waals surface area contributed by atoms with E-state index in [1.165, 1.54) is 77.0 Å². The molecule has 0 rings (SSSR count). The van der Waals surface area contributed by atoms with Crippen LogP contribution in [0.2, 0.25) is 0 Å². The van der Waals surface area contributed by atoms with Crippen molar-refractivity contribution >= 4 is 17.9 Å². The molecule has 0 spiro atoms. The second-order valence-corrected chi connectivity index (χ2v) is 17.9. The lowest BCUT2D eigenvalue weighted by Crippen LogP contribution is -2.30. The molecule has 0 fully saturated rings. The van der Waals surface area contributed by atoms with Crippen molar-refractivity contribution in [3.05, 3.63) is 134 Å². The van der Waals surface area contributed by atoms with Crippen LogP contribution in [0.1, 0.15) is 226 Å². The largest absolute Gasteiger partial charge is 0.462 e. The van der Waals surface area contributed by atoms with Crippen LogP contribution in [-0.4, -0.2) is 37.2 Å². The number of allylic oxidation sites excluding steroid dienone is 22. The van der Waals surface area contributed by atoms with Gasteiger partial charge in [0, 0.05) is 19.3 Å². The molecule has 6 heteroatoms. The van der Waals surface area contributed by atoms with Crippen molar-refractivity contribution in [2.24, 2.45) is 0 Å². The summed E-state index contributed by atoms with van der Waals surface area (Å²) in [6, 6.07) is 0. The Morgan fingerprint density at radius 2 is 0.681 bits per heavy atom. The summed E-state index contributed by atoms with van der Waals surface area (Å²) in [6.45, 7) is 6.34. The predicted octanol–water partition coefficient (Wildman–Crippen LogP) is 18.6. The second-order valence-electron chi connectivity index (χ2n) is 17.9. The van der Waals surface area contributed by atoms with Crippen molar-refractivity contribution in [1.82, 2.24) is 0 Å². The normalized spacial score (nSPS) is 13.1. The third kappa shape index (κ3) is 54.4. The van der Waals surface area contributed by atoms with Gasteiger partial charge in [-0.05, 0) is 77.0 Å². The van der Waals surface area contributed by atoms with Gasteiger partial charge >= 0.3 is 17.9 Å². The highest BCUT2D eigenvalue weighted by Gasteiger charge is 2.19. The Bertz CT molecular complexity index is 1510. The van der Waals surface area contributed by atoms with Gasteiger partial charge in [-0.15, -0.1) is 0 Å². The molecule has 1 unspecified atom stereocenters. The molecule has 0 aliphatic carbocycles. The van der Waals surface area contributed by atoms with E-state index in [-0.39, 0.29) is 44.0 Å². The molecule has 0 saturated carbocycles. The zero-order chi connectivity index (χ0) is 50.0. The number of unbranched alkanes of at least 4 members (excludes halogenated alkanes) is 19. The lowest BCUT2D eigenvalue weighted by Gasteiger charge is -2.18. The number of carbonyl (C=O) groups excluding carboxylic acids is 3. The predicted molar refractivity (Wildman–Crippen MR) is 297 cm³/mol. The van der Waals surface area contributed by atoms with E-state index in [0.717, 1.165) is 103 Å². The van der Waals surface area contributed by atoms with E-state index in [1.54, 1.807) is 0 Å². The molecule has 0 saturated heterocycles. The van der Waals surface area contributed by atoms with E-state index in [1.807, 2.05) is 48.6 Å². The maximum Gasteiger partial charge on any atom is 0.306 e. The average Bonchev–Trinajstić information content (AvgIpc) is 3.35. The topological polar surface area (TPSA) is 78.9 Å². The monoisotopic (exact) mass is 953 g/mol. The lowest BCUT2D eigenvalue weighted by atomic mass is 10.0. The summed E-state index contributed by atoms with van der Waals surface area (Å²) in [5.41, 5.74) is 0. The van der Waals surface area contributed by atoms with Crippen LogP contribution in [0.4, 0.5) is 0 Å². The minimum absolute atomic E-state index is 0.115. The number of ether oxygens (including phenoxy) is 3. The number of esters is 3. The number of hydrogen-bond donors (Lipinski definition) is 0. The molecule has 6 nitrogen and oxygen atoms in total. The smallest absolute Gasteiger partial charge is 0.306 e. The van der Waals surface area contributed by atoms with Gasteiger partial charge in [0.15, 0.2) is 6.10 Å². The van der Waals surface area contributed by atoms with Crippen LogP contribution < -0.4 is 0 Å². The minimum atomic E-state index is -0.826. The standard InChI is InChI=1S/C63H100O6/c1-4-7-10-13-16-19-22-25-28-30-32-34-35-38-41-44-47-50-53-56-62(65)68-59-60(58-67-61(64)55-52-49-46-43-40-37-27-24-21-18-15-12-9-6-3)69-63(66)57-54-51-48-45-42-39-36-33-31-29-26-23-20-17-14-11-8-5-2/h7,10-11,14,16-17,19-20,23,25-26,28-29,31-34,36,38,41,47,50,60H,4-6,8-9,12-13,15,18,21-22,24,27,30,35,37,39-40,42-46,48-49,51-59H2,1-3H3/b10-7-,14-11-,19-16-,20-17-,26-23-,28-25-,31-29-,34-32-,36-33-,41-38-,50-47-. The SMILES string of the molecule is CC/C=C\C/C=C\C/C=C\C/C=C\C/C=C\C/C=C\CCC(=O)OCC(COC(=O)CCCCCCCCCCCCCCCC)OC(=O)CCCCCCC\C=C/C=C\C=C/C=C\C=C/CCC. The average molecular weight is 953 g/mol. The zero-order valence-corrected chi connectivity index (χ0v) is 44.3. The van der Waals surface area contributed by atoms with Crippen molar-refractivity contribution in [3.63, 3.8) is 0 Å². The Balaban J connectivity index is 4.58. The van der Waals surface area contributed by atoms with E-state index in [4.69, 9.17) is 14.2 Å². The highest BCUT2D eigenvalue weighted by Crippen LogP contribution is 2.15. The molecule has 0 radical (unpaired) electrons. The Labute approximate surface area is 424 Å². The fourth-order valence-corrected chi connectivity index (χ4v) is 7.14. The van der Waals surface area contributed by atoms with Crippen LogP contribution in [0.3, 0.4) is 0 Å². The summed E-state index contributed by atoms with van der Waals surface area (Å²) in [6.07, 6.45) is 78.7. The first-order valence-electron chi connectivity index (χ1n) is 27.8. The van der Waals surface area contributed by atoms with E-state index in [0.29, 0.717) is 12.8 Å². The maximum absolute atomic E-state index is 12.8. The van der Waals surface area contributed by atoms with Gasteiger partial charge < -0.3 is 14.2 Å². The molecule has 0 aromatic heterocycles. The van der Waals surface area contributed by atoms with Crippen LogP contribution in [0.15, 0.2) is 134 Å². The Hall–Kier alpha value is -4.45. The summed E-state index contributed by atoms with van der Waals surface area (Å²) >= 11 is 0. The van der Waals surface area contributed by atoms with Crippen LogP contribution in [0, 0.1) is 0 Å². The molecular weight excluding hydrogens is 853 g/mol. The Morgan fingerprint density at radius 1 is 0.319 bits per heavy atom. The molecular formula is C63H100O6. The van der Waals surface area contributed by atoms with Crippen molar-refractivity contribution < 1.29 is 28.6 Å². The van der Waals surface area contributed by atoms with Crippen molar-refractivity contribution in [2.75, 3.05) is 13.2 Å². The highest BCUT2D eigenvalue weighted by molar-refractivity contribution is 5.71. The summed E-state index contributed by atoms with van der Waals surface area (Å²) in [7, 11) is 0. The van der Waals surface area contributed by atoms with Gasteiger partial charge in [-0.1, -0.05) is 264 Å². The summed E-state index contributed by atoms with van der Waals surface area (Å²) < 4.78 is 16.8. The first-order chi connectivity index (χ1) is 34.0. The van der Waals surface area contributed by atoms with Gasteiger partial charge in [0.05, 0.1) is 0 Å². The van der Waals surface area contributed by atoms with E-state index < -0.39 is 6.10 Å². The zero-order valence-electron chi connectivity index (χ0n) is 44.3. The molecule has 388 valence electrons. The molecule has 0 bridgehead atoms.